The van der Waals surface area contributed by atoms with Crippen LogP contribution in [0.2, 0.25) is 0 Å². The summed E-state index contributed by atoms with van der Waals surface area (Å²) in [6.07, 6.45) is 0.429. The monoisotopic (exact) mass is 340 g/mol. The normalized spacial score (nSPS) is 17.0. The number of amides is 2. The topological polar surface area (TPSA) is 61.2 Å². The van der Waals surface area contributed by atoms with Crippen LogP contribution in [-0.4, -0.2) is 16.7 Å². The van der Waals surface area contributed by atoms with Gasteiger partial charge in [0, 0.05) is 6.42 Å². The standard InChI is InChI=1S/C19H14F2N2O2/c20-16-5-2-12(3-6-16)7-15-9-18(24)23(19(15)25)11-13-1-4-14(10-22)17(21)8-13/h1-6,8,15H,7,9,11H2/t15-/m1/s1. The summed E-state index contributed by atoms with van der Waals surface area (Å²) in [6, 6.07) is 11.5. The molecule has 6 heteroatoms. The molecule has 1 saturated heterocycles. The van der Waals surface area contributed by atoms with E-state index in [0.717, 1.165) is 16.5 Å². The molecule has 1 aliphatic heterocycles. The number of imide groups is 1. The Bertz CT molecular complexity index is 872. The molecule has 3 rings (SSSR count). The number of halogens is 2. The van der Waals surface area contributed by atoms with Crippen LogP contribution in [0, 0.1) is 28.9 Å². The molecule has 1 heterocycles. The van der Waals surface area contributed by atoms with E-state index in [1.165, 1.54) is 24.3 Å². The molecule has 1 atom stereocenters. The summed E-state index contributed by atoms with van der Waals surface area (Å²) < 4.78 is 26.6. The minimum absolute atomic E-state index is 0.0276. The van der Waals surface area contributed by atoms with E-state index < -0.39 is 11.7 Å². The molecule has 0 aromatic heterocycles. The average Bonchev–Trinajstić information content (AvgIpc) is 2.85. The number of nitrogens with zero attached hydrogens (tertiary/aromatic N) is 2. The number of nitriles is 1. The Morgan fingerprint density at radius 3 is 2.40 bits per heavy atom. The van der Waals surface area contributed by atoms with E-state index in [1.807, 2.05) is 0 Å². The Hall–Kier alpha value is -3.07. The fraction of sp³-hybridized carbons (Fsp3) is 0.211. The van der Waals surface area contributed by atoms with Crippen molar-refractivity contribution in [3.8, 4) is 6.07 Å². The molecule has 0 spiro atoms. The second kappa shape index (κ2) is 6.81. The Morgan fingerprint density at radius 2 is 1.76 bits per heavy atom. The lowest BCUT2D eigenvalue weighted by Crippen LogP contribution is -2.30. The average molecular weight is 340 g/mol. The zero-order chi connectivity index (χ0) is 18.0. The van der Waals surface area contributed by atoms with E-state index in [1.54, 1.807) is 18.2 Å². The highest BCUT2D eigenvalue weighted by Crippen LogP contribution is 2.25. The van der Waals surface area contributed by atoms with Gasteiger partial charge in [-0.25, -0.2) is 8.78 Å². The van der Waals surface area contributed by atoms with E-state index >= 15 is 0 Å². The smallest absolute Gasteiger partial charge is 0.233 e. The van der Waals surface area contributed by atoms with Crippen LogP contribution in [0.4, 0.5) is 8.78 Å². The van der Waals surface area contributed by atoms with Gasteiger partial charge in [-0.05, 0) is 41.8 Å². The van der Waals surface area contributed by atoms with Crippen LogP contribution < -0.4 is 0 Å². The molecule has 126 valence electrons. The van der Waals surface area contributed by atoms with Gasteiger partial charge in [-0.3, -0.25) is 14.5 Å². The Morgan fingerprint density at radius 1 is 1.08 bits per heavy atom. The lowest BCUT2D eigenvalue weighted by Gasteiger charge is -2.15. The largest absolute Gasteiger partial charge is 0.278 e. The van der Waals surface area contributed by atoms with Crippen molar-refractivity contribution in [2.75, 3.05) is 0 Å². The number of rotatable bonds is 4. The highest BCUT2D eigenvalue weighted by atomic mass is 19.1. The molecular weight excluding hydrogens is 326 g/mol. The zero-order valence-corrected chi connectivity index (χ0v) is 13.2. The number of hydrogen-bond donors (Lipinski definition) is 0. The lowest BCUT2D eigenvalue weighted by atomic mass is 9.98. The Kier molecular flexibility index (Phi) is 4.57. The second-order valence-corrected chi connectivity index (χ2v) is 5.98. The van der Waals surface area contributed by atoms with E-state index in [-0.39, 0.29) is 36.2 Å². The second-order valence-electron chi connectivity index (χ2n) is 5.98. The van der Waals surface area contributed by atoms with Gasteiger partial charge in [0.15, 0.2) is 0 Å². The van der Waals surface area contributed by atoms with Gasteiger partial charge in [0.05, 0.1) is 18.0 Å². The highest BCUT2D eigenvalue weighted by Gasteiger charge is 2.38. The number of carbonyl (C=O) groups excluding carboxylic acids is 2. The Balaban J connectivity index is 1.72. The van der Waals surface area contributed by atoms with Gasteiger partial charge in [0.25, 0.3) is 0 Å². The molecule has 0 bridgehead atoms. The van der Waals surface area contributed by atoms with Crippen LogP contribution >= 0.6 is 0 Å². The minimum Gasteiger partial charge on any atom is -0.278 e. The lowest BCUT2D eigenvalue weighted by molar-refractivity contribution is -0.140. The molecule has 1 aliphatic rings. The predicted octanol–water partition coefficient (Wildman–Crippen LogP) is 2.95. The van der Waals surface area contributed by atoms with Crippen LogP contribution in [0.1, 0.15) is 23.1 Å². The quantitative estimate of drug-likeness (QED) is 0.804. The third kappa shape index (κ3) is 3.56. The van der Waals surface area contributed by atoms with Crippen molar-refractivity contribution in [3.63, 3.8) is 0 Å². The molecule has 0 N–H and O–H groups in total. The van der Waals surface area contributed by atoms with E-state index in [9.17, 15) is 18.4 Å². The molecular formula is C19H14F2N2O2. The number of hydrogen-bond acceptors (Lipinski definition) is 3. The van der Waals surface area contributed by atoms with E-state index in [2.05, 4.69) is 0 Å². The van der Waals surface area contributed by atoms with Crippen molar-refractivity contribution >= 4 is 11.8 Å². The molecule has 1 fully saturated rings. The van der Waals surface area contributed by atoms with Crippen molar-refractivity contribution in [1.29, 1.82) is 5.26 Å². The van der Waals surface area contributed by atoms with Gasteiger partial charge in [-0.15, -0.1) is 0 Å². The van der Waals surface area contributed by atoms with Crippen LogP contribution in [0.3, 0.4) is 0 Å². The van der Waals surface area contributed by atoms with Crippen molar-refractivity contribution in [1.82, 2.24) is 4.90 Å². The summed E-state index contributed by atoms with van der Waals surface area (Å²) in [5.74, 6) is -2.17. The maximum Gasteiger partial charge on any atom is 0.233 e. The van der Waals surface area contributed by atoms with Gasteiger partial charge < -0.3 is 0 Å². The number of likely N-dealkylation sites (tertiary alicyclic amines) is 1. The first-order valence-corrected chi connectivity index (χ1v) is 7.75. The van der Waals surface area contributed by atoms with Gasteiger partial charge in [-0.2, -0.15) is 5.26 Å². The van der Waals surface area contributed by atoms with Gasteiger partial charge in [0.2, 0.25) is 11.8 Å². The molecule has 0 saturated carbocycles. The van der Waals surface area contributed by atoms with Crippen molar-refractivity contribution < 1.29 is 18.4 Å². The summed E-state index contributed by atoms with van der Waals surface area (Å²) in [6.45, 7) is -0.0276. The van der Waals surface area contributed by atoms with Crippen LogP contribution in [-0.2, 0) is 22.6 Å². The highest BCUT2D eigenvalue weighted by molar-refractivity contribution is 6.03. The molecule has 0 unspecified atom stereocenters. The van der Waals surface area contributed by atoms with E-state index in [4.69, 9.17) is 5.26 Å². The van der Waals surface area contributed by atoms with Crippen molar-refractivity contribution in [3.05, 3.63) is 70.8 Å². The molecule has 2 aromatic carbocycles. The first-order valence-electron chi connectivity index (χ1n) is 7.75. The van der Waals surface area contributed by atoms with E-state index in [0.29, 0.717) is 12.0 Å². The molecule has 2 amide bonds. The summed E-state index contributed by atoms with van der Waals surface area (Å²) in [4.78, 5) is 25.7. The molecule has 0 radical (unpaired) electrons. The first kappa shape index (κ1) is 16.8. The molecule has 25 heavy (non-hydrogen) atoms. The molecule has 0 aliphatic carbocycles. The summed E-state index contributed by atoms with van der Waals surface area (Å²) >= 11 is 0. The third-order valence-electron chi connectivity index (χ3n) is 4.23. The van der Waals surface area contributed by atoms with Gasteiger partial charge in [-0.1, -0.05) is 18.2 Å². The third-order valence-corrected chi connectivity index (χ3v) is 4.23. The number of carbonyl (C=O) groups is 2. The predicted molar refractivity (Wildman–Crippen MR) is 84.9 cm³/mol. The summed E-state index contributed by atoms with van der Waals surface area (Å²) in [5.41, 5.74) is 1.14. The van der Waals surface area contributed by atoms with Crippen LogP contribution in [0.5, 0.6) is 0 Å². The SMILES string of the molecule is N#Cc1ccc(CN2C(=O)C[C@@H](Cc3ccc(F)cc3)C2=O)cc1F. The fourth-order valence-corrected chi connectivity index (χ4v) is 2.91. The Labute approximate surface area is 143 Å². The maximum atomic E-state index is 13.7. The zero-order valence-electron chi connectivity index (χ0n) is 13.2. The van der Waals surface area contributed by atoms with Crippen molar-refractivity contribution in [2.24, 2.45) is 5.92 Å². The van der Waals surface area contributed by atoms with Gasteiger partial charge in [0.1, 0.15) is 17.7 Å². The van der Waals surface area contributed by atoms with Gasteiger partial charge >= 0.3 is 0 Å². The molecule has 2 aromatic rings. The number of benzene rings is 2. The molecule has 4 nitrogen and oxygen atoms in total. The summed E-state index contributed by atoms with van der Waals surface area (Å²) in [5, 5.41) is 8.74. The minimum atomic E-state index is -0.679. The summed E-state index contributed by atoms with van der Waals surface area (Å²) in [7, 11) is 0. The maximum absolute atomic E-state index is 13.7. The van der Waals surface area contributed by atoms with Crippen molar-refractivity contribution in [2.45, 2.75) is 19.4 Å². The van der Waals surface area contributed by atoms with Crippen LogP contribution in [0.25, 0.3) is 0 Å². The van der Waals surface area contributed by atoms with Crippen LogP contribution in [0.15, 0.2) is 42.5 Å². The fourth-order valence-electron chi connectivity index (χ4n) is 2.91. The first-order chi connectivity index (χ1) is 12.0.